The molecule has 0 radical (unpaired) electrons. The highest BCUT2D eigenvalue weighted by atomic mass is 16.5. The Balaban J connectivity index is 2.43. The van der Waals surface area contributed by atoms with Gasteiger partial charge in [-0.3, -0.25) is 14.2 Å². The van der Waals surface area contributed by atoms with E-state index in [0.29, 0.717) is 5.75 Å². The van der Waals surface area contributed by atoms with Crippen LogP contribution >= 0.6 is 0 Å². The molecule has 2 rings (SSSR count). The summed E-state index contributed by atoms with van der Waals surface area (Å²) < 4.78 is 6.71. The van der Waals surface area contributed by atoms with Crippen LogP contribution in [0.4, 0.5) is 0 Å². The molecule has 6 nitrogen and oxygen atoms in total. The van der Waals surface area contributed by atoms with Gasteiger partial charge in [-0.15, -0.1) is 0 Å². The van der Waals surface area contributed by atoms with E-state index >= 15 is 0 Å². The van der Waals surface area contributed by atoms with Crippen LogP contribution in [-0.2, 0) is 6.54 Å². The first kappa shape index (κ1) is 19.3. The van der Waals surface area contributed by atoms with Gasteiger partial charge in [-0.05, 0) is 51.3 Å². The molecule has 0 spiro atoms. The molecule has 0 amide bonds. The van der Waals surface area contributed by atoms with Gasteiger partial charge in [0.25, 0.3) is 5.56 Å². The lowest BCUT2D eigenvalue weighted by molar-refractivity contribution is 0.0915. The molecule has 1 aromatic carbocycles. The fourth-order valence-electron chi connectivity index (χ4n) is 3.18. The van der Waals surface area contributed by atoms with Crippen molar-refractivity contribution in [2.24, 2.45) is 0 Å². The van der Waals surface area contributed by atoms with Gasteiger partial charge in [0, 0.05) is 6.54 Å². The highest BCUT2D eigenvalue weighted by molar-refractivity contribution is 6.01. The maximum Gasteiger partial charge on any atom is 0.271 e. The Morgan fingerprint density at radius 2 is 1.81 bits per heavy atom. The Hall–Kier alpha value is -3.07. The molecule has 2 aromatic rings. The number of carbonyl (C=O) groups is 1. The SMILES string of the molecule is CCn1c(O)c(C(=O)COc2c(C)cc(C)cc2C)c(C)c(C#N)c1=O. The molecule has 1 aromatic heterocycles. The minimum atomic E-state index is -0.604. The number of nitrogens with zero attached hydrogens (tertiary/aromatic N) is 2. The van der Waals surface area contributed by atoms with E-state index in [-0.39, 0.29) is 29.8 Å². The van der Waals surface area contributed by atoms with Crippen molar-refractivity contribution in [3.8, 4) is 17.7 Å². The van der Waals surface area contributed by atoms with Gasteiger partial charge in [-0.2, -0.15) is 5.26 Å². The molecule has 0 aliphatic carbocycles. The summed E-state index contributed by atoms with van der Waals surface area (Å²) >= 11 is 0. The number of benzene rings is 1. The average molecular weight is 354 g/mol. The smallest absolute Gasteiger partial charge is 0.271 e. The summed E-state index contributed by atoms with van der Waals surface area (Å²) in [6.07, 6.45) is 0. The summed E-state index contributed by atoms with van der Waals surface area (Å²) in [7, 11) is 0. The minimum absolute atomic E-state index is 0.0505. The third-order valence-corrected chi connectivity index (χ3v) is 4.35. The topological polar surface area (TPSA) is 92.3 Å². The summed E-state index contributed by atoms with van der Waals surface area (Å²) in [5.74, 6) is -0.302. The second kappa shape index (κ2) is 7.44. The molecule has 1 N–H and O–H groups in total. The van der Waals surface area contributed by atoms with Crippen molar-refractivity contribution >= 4 is 5.78 Å². The number of Topliss-reactive ketones (excluding diaryl/α,β-unsaturated/α-hetero) is 1. The lowest BCUT2D eigenvalue weighted by atomic mass is 10.0. The molecule has 0 atom stereocenters. The number of ketones is 1. The number of carbonyl (C=O) groups excluding carboxylic acids is 1. The second-order valence-corrected chi connectivity index (χ2v) is 6.30. The van der Waals surface area contributed by atoms with Crippen LogP contribution in [0.2, 0.25) is 0 Å². The minimum Gasteiger partial charge on any atom is -0.494 e. The average Bonchev–Trinajstić information content (AvgIpc) is 2.54. The third-order valence-electron chi connectivity index (χ3n) is 4.35. The van der Waals surface area contributed by atoms with E-state index in [1.165, 1.54) is 6.92 Å². The maximum atomic E-state index is 12.7. The zero-order valence-electron chi connectivity index (χ0n) is 15.6. The first-order valence-electron chi connectivity index (χ1n) is 8.33. The Morgan fingerprint density at radius 3 is 2.31 bits per heavy atom. The monoisotopic (exact) mass is 354 g/mol. The lowest BCUT2D eigenvalue weighted by Gasteiger charge is -2.16. The summed E-state index contributed by atoms with van der Waals surface area (Å²) in [5, 5.41) is 19.6. The zero-order chi connectivity index (χ0) is 19.6. The number of ether oxygens (including phenoxy) is 1. The molecule has 1 heterocycles. The van der Waals surface area contributed by atoms with Crippen LogP contribution in [0, 0.1) is 39.0 Å². The van der Waals surface area contributed by atoms with E-state index in [1.54, 1.807) is 6.92 Å². The van der Waals surface area contributed by atoms with Gasteiger partial charge in [0.1, 0.15) is 17.4 Å². The van der Waals surface area contributed by atoms with Gasteiger partial charge in [-0.1, -0.05) is 17.7 Å². The molecule has 0 unspecified atom stereocenters. The number of nitriles is 1. The number of aromatic nitrogens is 1. The number of hydrogen-bond acceptors (Lipinski definition) is 5. The van der Waals surface area contributed by atoms with Crippen molar-refractivity contribution in [2.45, 2.75) is 41.2 Å². The molecular weight excluding hydrogens is 332 g/mol. The quantitative estimate of drug-likeness (QED) is 0.834. The predicted molar refractivity (Wildman–Crippen MR) is 98.0 cm³/mol. The van der Waals surface area contributed by atoms with Crippen LogP contribution in [0.5, 0.6) is 11.6 Å². The number of aromatic hydroxyl groups is 1. The van der Waals surface area contributed by atoms with Gasteiger partial charge in [0.05, 0.1) is 5.56 Å². The van der Waals surface area contributed by atoms with E-state index in [2.05, 4.69) is 0 Å². The van der Waals surface area contributed by atoms with Crippen LogP contribution in [0.25, 0.3) is 0 Å². The number of aryl methyl sites for hydroxylation is 3. The van der Waals surface area contributed by atoms with Crippen LogP contribution in [0.1, 0.15) is 45.1 Å². The van der Waals surface area contributed by atoms with Crippen molar-refractivity contribution < 1.29 is 14.6 Å². The summed E-state index contributed by atoms with van der Waals surface area (Å²) in [4.78, 5) is 24.9. The first-order chi connectivity index (χ1) is 12.2. The number of pyridine rings is 1. The Kier molecular flexibility index (Phi) is 5.51. The predicted octanol–water partition coefficient (Wildman–Crippen LogP) is 2.94. The van der Waals surface area contributed by atoms with E-state index in [9.17, 15) is 20.0 Å². The molecule has 0 aliphatic heterocycles. The second-order valence-electron chi connectivity index (χ2n) is 6.30. The van der Waals surface area contributed by atoms with Crippen molar-refractivity contribution in [2.75, 3.05) is 6.61 Å². The van der Waals surface area contributed by atoms with E-state index in [4.69, 9.17) is 4.74 Å². The highest BCUT2D eigenvalue weighted by Gasteiger charge is 2.24. The van der Waals surface area contributed by atoms with E-state index in [0.717, 1.165) is 21.3 Å². The van der Waals surface area contributed by atoms with Crippen LogP contribution < -0.4 is 10.3 Å². The fraction of sp³-hybridized carbons (Fsp3) is 0.350. The van der Waals surface area contributed by atoms with E-state index in [1.807, 2.05) is 39.0 Å². The lowest BCUT2D eigenvalue weighted by Crippen LogP contribution is -2.27. The largest absolute Gasteiger partial charge is 0.494 e. The van der Waals surface area contributed by atoms with Gasteiger partial charge in [0.15, 0.2) is 6.61 Å². The molecule has 136 valence electrons. The van der Waals surface area contributed by atoms with Gasteiger partial charge >= 0.3 is 0 Å². The van der Waals surface area contributed by atoms with Gasteiger partial charge in [0.2, 0.25) is 11.7 Å². The van der Waals surface area contributed by atoms with Crippen molar-refractivity contribution in [3.05, 3.63) is 55.9 Å². The summed E-state index contributed by atoms with van der Waals surface area (Å²) in [5.41, 5.74) is 2.29. The third kappa shape index (κ3) is 3.33. The summed E-state index contributed by atoms with van der Waals surface area (Å²) in [6.45, 7) is 8.76. The molecule has 0 bridgehead atoms. The molecule has 0 saturated heterocycles. The van der Waals surface area contributed by atoms with E-state index < -0.39 is 17.2 Å². The maximum absolute atomic E-state index is 12.7. The molecule has 6 heteroatoms. The summed E-state index contributed by atoms with van der Waals surface area (Å²) in [6, 6.07) is 5.74. The van der Waals surface area contributed by atoms with Gasteiger partial charge < -0.3 is 9.84 Å². The van der Waals surface area contributed by atoms with Crippen molar-refractivity contribution in [3.63, 3.8) is 0 Å². The fourth-order valence-corrected chi connectivity index (χ4v) is 3.18. The van der Waals surface area contributed by atoms with Crippen molar-refractivity contribution in [1.29, 1.82) is 5.26 Å². The highest BCUT2D eigenvalue weighted by Crippen LogP contribution is 2.26. The molecule has 0 saturated carbocycles. The Morgan fingerprint density at radius 1 is 1.23 bits per heavy atom. The Bertz CT molecular complexity index is 958. The molecule has 0 fully saturated rings. The van der Waals surface area contributed by atoms with Gasteiger partial charge in [-0.25, -0.2) is 0 Å². The molecule has 0 aliphatic rings. The zero-order valence-corrected chi connectivity index (χ0v) is 15.6. The van der Waals surface area contributed by atoms with Crippen molar-refractivity contribution in [1.82, 2.24) is 4.57 Å². The number of rotatable bonds is 5. The molecule has 26 heavy (non-hydrogen) atoms. The molecular formula is C20H22N2O4. The standard InChI is InChI=1S/C20H22N2O4/c1-6-22-19(24)15(9-21)14(5)17(20(22)25)16(23)10-26-18-12(3)7-11(2)8-13(18)4/h7-8,25H,6,10H2,1-5H3. The number of hydrogen-bond donors (Lipinski definition) is 1. The Labute approximate surface area is 152 Å². The van der Waals surface area contributed by atoms with Crippen LogP contribution in [0.15, 0.2) is 16.9 Å². The van der Waals surface area contributed by atoms with Crippen LogP contribution in [0.3, 0.4) is 0 Å². The van der Waals surface area contributed by atoms with Crippen LogP contribution in [-0.4, -0.2) is 22.1 Å². The normalized spacial score (nSPS) is 10.5. The first-order valence-corrected chi connectivity index (χ1v) is 8.33.